The molecular formula is C28H26N6O5. The molecule has 2 atom stereocenters. The monoisotopic (exact) mass is 526 g/mol. The molecule has 0 bridgehead atoms. The van der Waals surface area contributed by atoms with E-state index in [4.69, 9.17) is 4.52 Å². The number of amides is 2. The molecule has 39 heavy (non-hydrogen) atoms. The minimum Gasteiger partial charge on any atom is -0.501 e. The second-order valence-electron chi connectivity index (χ2n) is 9.19. The zero-order valence-electron chi connectivity index (χ0n) is 21.7. The fraction of sp³-hybridized carbons (Fsp3) is 0.214. The average Bonchev–Trinajstić information content (AvgIpc) is 3.45. The summed E-state index contributed by atoms with van der Waals surface area (Å²) in [6, 6.07) is 16.5. The molecule has 0 unspecified atom stereocenters. The SMILES string of the molecule is C[C@H](c1nc(C(=O)Nc2cnoc2)c(O)c(=O)n1C)[C@H](c1ccccc1)c1ccc(C(=O)N(C)C)cc1C#N. The lowest BCUT2D eigenvalue weighted by Gasteiger charge is -2.27. The van der Waals surface area contributed by atoms with E-state index in [1.54, 1.807) is 32.3 Å². The second kappa shape index (κ2) is 11.0. The van der Waals surface area contributed by atoms with Gasteiger partial charge < -0.3 is 19.8 Å². The molecule has 11 nitrogen and oxygen atoms in total. The third kappa shape index (κ3) is 5.26. The lowest BCUT2D eigenvalue weighted by Crippen LogP contribution is -2.29. The zero-order valence-corrected chi connectivity index (χ0v) is 21.7. The van der Waals surface area contributed by atoms with Crippen LogP contribution in [0.25, 0.3) is 0 Å². The third-order valence-corrected chi connectivity index (χ3v) is 6.43. The summed E-state index contributed by atoms with van der Waals surface area (Å²) in [7, 11) is 4.71. The predicted octanol–water partition coefficient (Wildman–Crippen LogP) is 3.24. The number of nitrogens with one attached hydrogen (secondary N) is 1. The first-order chi connectivity index (χ1) is 18.6. The Morgan fingerprint density at radius 2 is 1.90 bits per heavy atom. The maximum absolute atomic E-state index is 13.0. The molecule has 0 spiro atoms. The van der Waals surface area contributed by atoms with Gasteiger partial charge in [0.25, 0.3) is 17.4 Å². The number of nitriles is 1. The van der Waals surface area contributed by atoms with Gasteiger partial charge in [-0.1, -0.05) is 48.5 Å². The molecule has 0 saturated heterocycles. The molecule has 2 aromatic heterocycles. The Balaban J connectivity index is 1.87. The normalized spacial score (nSPS) is 12.3. The minimum atomic E-state index is -0.817. The van der Waals surface area contributed by atoms with Gasteiger partial charge in [0.2, 0.25) is 5.75 Å². The third-order valence-electron chi connectivity index (χ3n) is 6.43. The van der Waals surface area contributed by atoms with E-state index >= 15 is 0 Å². The highest BCUT2D eigenvalue weighted by Gasteiger charge is 2.31. The molecule has 11 heteroatoms. The molecule has 0 aliphatic heterocycles. The molecular weight excluding hydrogens is 500 g/mol. The number of carbonyl (C=O) groups excluding carboxylic acids is 2. The van der Waals surface area contributed by atoms with Crippen molar-refractivity contribution in [1.29, 1.82) is 5.26 Å². The van der Waals surface area contributed by atoms with Gasteiger partial charge in [-0.2, -0.15) is 5.26 Å². The molecule has 198 valence electrons. The van der Waals surface area contributed by atoms with Crippen molar-refractivity contribution in [2.24, 2.45) is 7.05 Å². The number of aromatic hydroxyl groups is 1. The maximum atomic E-state index is 13.0. The molecule has 0 aliphatic rings. The largest absolute Gasteiger partial charge is 0.501 e. The zero-order chi connectivity index (χ0) is 28.3. The molecule has 2 N–H and O–H groups in total. The average molecular weight is 527 g/mol. The van der Waals surface area contributed by atoms with Crippen molar-refractivity contribution in [1.82, 2.24) is 19.6 Å². The van der Waals surface area contributed by atoms with Gasteiger partial charge in [0.15, 0.2) is 5.69 Å². The number of aromatic nitrogens is 3. The number of nitrogens with zero attached hydrogens (tertiary/aromatic N) is 5. The molecule has 2 amide bonds. The first-order valence-electron chi connectivity index (χ1n) is 11.9. The number of benzene rings is 2. The van der Waals surface area contributed by atoms with E-state index in [2.05, 4.69) is 21.5 Å². The molecule has 0 fully saturated rings. The minimum absolute atomic E-state index is 0.208. The van der Waals surface area contributed by atoms with E-state index in [9.17, 15) is 24.8 Å². The highest BCUT2D eigenvalue weighted by atomic mass is 16.5. The summed E-state index contributed by atoms with van der Waals surface area (Å²) in [4.78, 5) is 44.3. The number of hydrogen-bond donors (Lipinski definition) is 2. The van der Waals surface area contributed by atoms with Crippen LogP contribution >= 0.6 is 0 Å². The Bertz CT molecular complexity index is 1620. The van der Waals surface area contributed by atoms with Crippen molar-refractivity contribution in [3.05, 3.63) is 105 Å². The number of rotatable bonds is 7. The summed E-state index contributed by atoms with van der Waals surface area (Å²) in [6.45, 7) is 1.82. The molecule has 0 radical (unpaired) electrons. The van der Waals surface area contributed by atoms with Gasteiger partial charge in [-0.25, -0.2) is 4.98 Å². The topological polar surface area (TPSA) is 154 Å². The van der Waals surface area contributed by atoms with E-state index in [0.29, 0.717) is 11.1 Å². The summed E-state index contributed by atoms with van der Waals surface area (Å²) in [5, 5.41) is 26.5. The van der Waals surface area contributed by atoms with Crippen LogP contribution in [-0.4, -0.2) is 50.6 Å². The van der Waals surface area contributed by atoms with Crippen molar-refractivity contribution in [3.63, 3.8) is 0 Å². The predicted molar refractivity (Wildman–Crippen MR) is 141 cm³/mol. The maximum Gasteiger partial charge on any atom is 0.296 e. The Labute approximate surface area is 223 Å². The number of hydrogen-bond acceptors (Lipinski definition) is 8. The van der Waals surface area contributed by atoms with Gasteiger partial charge in [0, 0.05) is 38.5 Å². The highest BCUT2D eigenvalue weighted by molar-refractivity contribution is 6.04. The van der Waals surface area contributed by atoms with Crippen LogP contribution in [0.5, 0.6) is 5.75 Å². The molecule has 2 aromatic carbocycles. The van der Waals surface area contributed by atoms with E-state index in [0.717, 1.165) is 5.56 Å². The molecule has 4 aromatic rings. The summed E-state index contributed by atoms with van der Waals surface area (Å²) >= 11 is 0. The van der Waals surface area contributed by atoms with Gasteiger partial charge in [-0.15, -0.1) is 0 Å². The van der Waals surface area contributed by atoms with Crippen molar-refractivity contribution >= 4 is 17.5 Å². The van der Waals surface area contributed by atoms with Gasteiger partial charge in [-0.05, 0) is 23.3 Å². The molecule has 0 saturated carbocycles. The lowest BCUT2D eigenvalue weighted by molar-refractivity contribution is 0.0827. The van der Waals surface area contributed by atoms with Gasteiger partial charge in [0.05, 0.1) is 17.8 Å². The Kier molecular flexibility index (Phi) is 7.58. The van der Waals surface area contributed by atoms with Crippen molar-refractivity contribution in [3.8, 4) is 11.8 Å². The van der Waals surface area contributed by atoms with Crippen LogP contribution in [0.3, 0.4) is 0 Å². The van der Waals surface area contributed by atoms with Crippen LogP contribution in [0.15, 0.2) is 70.3 Å². The first-order valence-corrected chi connectivity index (χ1v) is 11.9. The van der Waals surface area contributed by atoms with Crippen LogP contribution in [0.4, 0.5) is 5.69 Å². The van der Waals surface area contributed by atoms with Crippen LogP contribution in [-0.2, 0) is 7.05 Å². The Morgan fingerprint density at radius 3 is 2.51 bits per heavy atom. The fourth-order valence-corrected chi connectivity index (χ4v) is 4.49. The van der Waals surface area contributed by atoms with Gasteiger partial charge in [-0.3, -0.25) is 19.0 Å². The quantitative estimate of drug-likeness (QED) is 0.372. The van der Waals surface area contributed by atoms with Crippen LogP contribution in [0, 0.1) is 11.3 Å². The van der Waals surface area contributed by atoms with E-state index in [-0.39, 0.29) is 23.0 Å². The summed E-state index contributed by atoms with van der Waals surface area (Å²) in [5.74, 6) is -2.71. The lowest BCUT2D eigenvalue weighted by atomic mass is 9.79. The Hall–Kier alpha value is -5.24. The van der Waals surface area contributed by atoms with E-state index in [1.807, 2.05) is 37.3 Å². The fourth-order valence-electron chi connectivity index (χ4n) is 4.49. The Morgan fingerprint density at radius 1 is 1.18 bits per heavy atom. The van der Waals surface area contributed by atoms with Crippen molar-refractivity contribution in [2.45, 2.75) is 18.8 Å². The molecule has 0 aliphatic carbocycles. The standard InChI is InChI=1S/C28H26N6O5/c1-16(25-32-23(24(35)28(38)34(25)4)26(36)31-20-14-30-39-15-20)22(17-8-6-5-7-9-17)21-11-10-18(12-19(21)13-29)27(37)33(2)3/h5-12,14-16,22,35H,1-4H3,(H,31,36)/t16-,22+/m0/s1. The van der Waals surface area contributed by atoms with E-state index in [1.165, 1.54) is 29.0 Å². The van der Waals surface area contributed by atoms with Crippen LogP contribution < -0.4 is 10.9 Å². The number of carbonyl (C=O) groups is 2. The molecule has 4 rings (SSSR count). The second-order valence-corrected chi connectivity index (χ2v) is 9.19. The highest BCUT2D eigenvalue weighted by Crippen LogP contribution is 2.39. The van der Waals surface area contributed by atoms with Gasteiger partial charge >= 0.3 is 0 Å². The molecule has 2 heterocycles. The van der Waals surface area contributed by atoms with Gasteiger partial charge in [0.1, 0.15) is 17.8 Å². The first kappa shape index (κ1) is 26.8. The smallest absolute Gasteiger partial charge is 0.296 e. The van der Waals surface area contributed by atoms with Crippen molar-refractivity contribution < 1.29 is 19.2 Å². The summed E-state index contributed by atoms with van der Waals surface area (Å²) in [6.07, 6.45) is 2.46. The summed E-state index contributed by atoms with van der Waals surface area (Å²) < 4.78 is 5.89. The van der Waals surface area contributed by atoms with Crippen molar-refractivity contribution in [2.75, 3.05) is 19.4 Å². The number of anilines is 1. The van der Waals surface area contributed by atoms with E-state index < -0.39 is 34.7 Å². The van der Waals surface area contributed by atoms with Crippen LogP contribution in [0.2, 0.25) is 0 Å². The summed E-state index contributed by atoms with van der Waals surface area (Å²) in [5.41, 5.74) is 1.06. The van der Waals surface area contributed by atoms with Crippen LogP contribution in [0.1, 0.15) is 62.1 Å².